The summed E-state index contributed by atoms with van der Waals surface area (Å²) in [5, 5.41) is 4.29. The standard InChI is InChI=1S/C14H18ClN3/c1-2-7-18-13-6-3-10(15)8-12(13)17-14(18)9-16-11-4-5-11/h3,6,8,11,16H,2,4-5,7,9H2,1H3. The molecule has 1 aromatic heterocycles. The number of halogens is 1. The van der Waals surface area contributed by atoms with Gasteiger partial charge in [0.15, 0.2) is 0 Å². The SMILES string of the molecule is CCCn1c(CNC2CC2)nc2cc(Cl)ccc21. The number of fused-ring (bicyclic) bond motifs is 1. The molecule has 4 heteroatoms. The molecular formula is C14H18ClN3. The average Bonchev–Trinajstić information content (AvgIpc) is 3.12. The van der Waals surface area contributed by atoms with E-state index < -0.39 is 0 Å². The van der Waals surface area contributed by atoms with E-state index in [1.807, 2.05) is 12.1 Å². The first-order chi connectivity index (χ1) is 8.78. The quantitative estimate of drug-likeness (QED) is 0.897. The summed E-state index contributed by atoms with van der Waals surface area (Å²) in [5.41, 5.74) is 2.19. The Morgan fingerprint density at radius 3 is 3.00 bits per heavy atom. The van der Waals surface area contributed by atoms with Gasteiger partial charge in [0.25, 0.3) is 0 Å². The molecular weight excluding hydrogens is 246 g/mol. The zero-order chi connectivity index (χ0) is 12.5. The number of nitrogens with one attached hydrogen (secondary N) is 1. The summed E-state index contributed by atoms with van der Waals surface area (Å²) in [7, 11) is 0. The first-order valence-corrected chi connectivity index (χ1v) is 7.04. The number of rotatable bonds is 5. The minimum atomic E-state index is 0.712. The van der Waals surface area contributed by atoms with Gasteiger partial charge in [-0.3, -0.25) is 0 Å². The molecule has 1 saturated carbocycles. The van der Waals surface area contributed by atoms with Gasteiger partial charge in [0.2, 0.25) is 0 Å². The number of aryl methyl sites for hydroxylation is 1. The lowest BCUT2D eigenvalue weighted by Crippen LogP contribution is -2.19. The molecule has 1 fully saturated rings. The molecule has 18 heavy (non-hydrogen) atoms. The third kappa shape index (κ3) is 2.38. The van der Waals surface area contributed by atoms with Crippen molar-refractivity contribution in [3.63, 3.8) is 0 Å². The number of hydrogen-bond acceptors (Lipinski definition) is 2. The van der Waals surface area contributed by atoms with Crippen molar-refractivity contribution < 1.29 is 0 Å². The molecule has 0 spiro atoms. The van der Waals surface area contributed by atoms with E-state index in [-0.39, 0.29) is 0 Å². The fourth-order valence-electron chi connectivity index (χ4n) is 2.28. The van der Waals surface area contributed by atoms with Crippen LogP contribution in [0.25, 0.3) is 11.0 Å². The minimum Gasteiger partial charge on any atom is -0.327 e. The lowest BCUT2D eigenvalue weighted by atomic mass is 10.3. The van der Waals surface area contributed by atoms with Crippen LogP contribution in [-0.2, 0) is 13.1 Å². The van der Waals surface area contributed by atoms with Crippen molar-refractivity contribution in [1.82, 2.24) is 14.9 Å². The molecule has 3 nitrogen and oxygen atoms in total. The summed E-state index contributed by atoms with van der Waals surface area (Å²) < 4.78 is 2.31. The molecule has 0 bridgehead atoms. The van der Waals surface area contributed by atoms with Gasteiger partial charge in [0.05, 0.1) is 17.6 Å². The molecule has 0 aliphatic heterocycles. The summed E-state index contributed by atoms with van der Waals surface area (Å²) in [4.78, 5) is 4.71. The highest BCUT2D eigenvalue weighted by molar-refractivity contribution is 6.31. The fraction of sp³-hybridized carbons (Fsp3) is 0.500. The predicted molar refractivity (Wildman–Crippen MR) is 74.9 cm³/mol. The van der Waals surface area contributed by atoms with Gasteiger partial charge in [-0.15, -0.1) is 0 Å². The third-order valence-electron chi connectivity index (χ3n) is 3.36. The third-order valence-corrected chi connectivity index (χ3v) is 3.60. The minimum absolute atomic E-state index is 0.712. The van der Waals surface area contributed by atoms with Crippen LogP contribution < -0.4 is 5.32 Å². The molecule has 1 aliphatic rings. The van der Waals surface area contributed by atoms with E-state index in [1.54, 1.807) is 0 Å². The Morgan fingerprint density at radius 2 is 2.28 bits per heavy atom. The van der Waals surface area contributed by atoms with E-state index in [1.165, 1.54) is 18.4 Å². The Hall–Kier alpha value is -1.06. The van der Waals surface area contributed by atoms with Crippen molar-refractivity contribution >= 4 is 22.6 Å². The van der Waals surface area contributed by atoms with Crippen LogP contribution in [0.3, 0.4) is 0 Å². The fourth-order valence-corrected chi connectivity index (χ4v) is 2.45. The molecule has 1 aromatic carbocycles. The molecule has 2 aromatic rings. The van der Waals surface area contributed by atoms with Crippen LogP contribution in [0.4, 0.5) is 0 Å². The number of hydrogen-bond donors (Lipinski definition) is 1. The second kappa shape index (κ2) is 4.90. The monoisotopic (exact) mass is 263 g/mol. The molecule has 1 aliphatic carbocycles. The summed E-state index contributed by atoms with van der Waals surface area (Å²) >= 11 is 6.03. The predicted octanol–water partition coefficient (Wildman–Crippen LogP) is 3.35. The Morgan fingerprint density at radius 1 is 1.44 bits per heavy atom. The Balaban J connectivity index is 1.95. The van der Waals surface area contributed by atoms with Crippen LogP contribution in [0, 0.1) is 0 Å². The zero-order valence-electron chi connectivity index (χ0n) is 10.6. The summed E-state index contributed by atoms with van der Waals surface area (Å²) in [6.45, 7) is 4.07. The highest BCUT2D eigenvalue weighted by atomic mass is 35.5. The van der Waals surface area contributed by atoms with Crippen LogP contribution in [0.5, 0.6) is 0 Å². The number of benzene rings is 1. The van der Waals surface area contributed by atoms with E-state index in [4.69, 9.17) is 16.6 Å². The lowest BCUT2D eigenvalue weighted by molar-refractivity contribution is 0.596. The van der Waals surface area contributed by atoms with Gasteiger partial charge in [-0.1, -0.05) is 18.5 Å². The maximum absolute atomic E-state index is 6.03. The van der Waals surface area contributed by atoms with E-state index in [9.17, 15) is 0 Å². The topological polar surface area (TPSA) is 29.9 Å². The summed E-state index contributed by atoms with van der Waals surface area (Å²) in [5.74, 6) is 1.13. The second-order valence-electron chi connectivity index (χ2n) is 4.97. The van der Waals surface area contributed by atoms with Gasteiger partial charge >= 0.3 is 0 Å². The van der Waals surface area contributed by atoms with Crippen LogP contribution in [0.2, 0.25) is 5.02 Å². The van der Waals surface area contributed by atoms with Crippen molar-refractivity contribution in [2.24, 2.45) is 0 Å². The van der Waals surface area contributed by atoms with Gasteiger partial charge in [0.1, 0.15) is 5.82 Å². The summed E-state index contributed by atoms with van der Waals surface area (Å²) in [6.07, 6.45) is 3.73. The van der Waals surface area contributed by atoms with E-state index in [2.05, 4.69) is 22.9 Å². The van der Waals surface area contributed by atoms with Gasteiger partial charge in [-0.2, -0.15) is 0 Å². The Labute approximate surface area is 112 Å². The van der Waals surface area contributed by atoms with Gasteiger partial charge in [-0.25, -0.2) is 4.98 Å². The molecule has 0 saturated heterocycles. The molecule has 1 heterocycles. The first kappa shape index (κ1) is 12.0. The zero-order valence-corrected chi connectivity index (χ0v) is 11.4. The molecule has 0 radical (unpaired) electrons. The van der Waals surface area contributed by atoms with E-state index in [0.717, 1.165) is 35.9 Å². The maximum Gasteiger partial charge on any atom is 0.123 e. The van der Waals surface area contributed by atoms with Crippen molar-refractivity contribution in [3.05, 3.63) is 29.0 Å². The summed E-state index contributed by atoms with van der Waals surface area (Å²) in [6, 6.07) is 6.67. The Kier molecular flexibility index (Phi) is 3.27. The number of imidazole rings is 1. The van der Waals surface area contributed by atoms with Crippen LogP contribution in [0.1, 0.15) is 32.0 Å². The first-order valence-electron chi connectivity index (χ1n) is 6.66. The molecule has 1 N–H and O–H groups in total. The molecule has 0 amide bonds. The van der Waals surface area contributed by atoms with Crippen LogP contribution >= 0.6 is 11.6 Å². The molecule has 3 rings (SSSR count). The second-order valence-corrected chi connectivity index (χ2v) is 5.40. The van der Waals surface area contributed by atoms with Crippen LogP contribution in [-0.4, -0.2) is 15.6 Å². The van der Waals surface area contributed by atoms with Gasteiger partial charge in [0, 0.05) is 17.6 Å². The van der Waals surface area contributed by atoms with Crippen molar-refractivity contribution in [2.45, 2.75) is 45.3 Å². The van der Waals surface area contributed by atoms with Crippen molar-refractivity contribution in [3.8, 4) is 0 Å². The van der Waals surface area contributed by atoms with Crippen molar-refractivity contribution in [2.75, 3.05) is 0 Å². The Bertz CT molecular complexity index is 557. The smallest absolute Gasteiger partial charge is 0.123 e. The normalized spacial score (nSPS) is 15.4. The van der Waals surface area contributed by atoms with E-state index >= 15 is 0 Å². The molecule has 0 atom stereocenters. The van der Waals surface area contributed by atoms with Gasteiger partial charge in [-0.05, 0) is 37.5 Å². The lowest BCUT2D eigenvalue weighted by Gasteiger charge is -2.08. The van der Waals surface area contributed by atoms with Crippen molar-refractivity contribution in [1.29, 1.82) is 0 Å². The number of nitrogens with zero attached hydrogens (tertiary/aromatic N) is 2. The average molecular weight is 264 g/mol. The largest absolute Gasteiger partial charge is 0.327 e. The van der Waals surface area contributed by atoms with Gasteiger partial charge < -0.3 is 9.88 Å². The molecule has 96 valence electrons. The molecule has 0 unspecified atom stereocenters. The highest BCUT2D eigenvalue weighted by Crippen LogP contribution is 2.23. The van der Waals surface area contributed by atoms with E-state index in [0.29, 0.717) is 6.04 Å². The van der Waals surface area contributed by atoms with Crippen LogP contribution in [0.15, 0.2) is 18.2 Å². The highest BCUT2D eigenvalue weighted by Gasteiger charge is 2.21. The maximum atomic E-state index is 6.03. The number of aromatic nitrogens is 2.